The van der Waals surface area contributed by atoms with Crippen LogP contribution in [0.5, 0.6) is 0 Å². The molecule has 0 aromatic carbocycles. The van der Waals surface area contributed by atoms with Crippen molar-refractivity contribution < 1.29 is 13.6 Å². The molecule has 15 heavy (non-hydrogen) atoms. The number of hydrogen-bond acceptors (Lipinski definition) is 2. The summed E-state index contributed by atoms with van der Waals surface area (Å²) in [5, 5.41) is 2.61. The van der Waals surface area contributed by atoms with Crippen LogP contribution in [-0.2, 0) is 4.79 Å². The first kappa shape index (κ1) is 12.4. The van der Waals surface area contributed by atoms with Gasteiger partial charge in [-0.2, -0.15) is 0 Å². The zero-order valence-electron chi connectivity index (χ0n) is 9.22. The van der Waals surface area contributed by atoms with E-state index in [1.54, 1.807) is 13.8 Å². The lowest BCUT2D eigenvalue weighted by atomic mass is 9.92. The molecule has 1 fully saturated rings. The summed E-state index contributed by atoms with van der Waals surface area (Å²) in [7, 11) is 0. The largest absolute Gasteiger partial charge is 0.343 e. The van der Waals surface area contributed by atoms with Gasteiger partial charge in [0.2, 0.25) is 5.91 Å². The number of halogens is 2. The molecule has 1 N–H and O–H groups in total. The smallest absolute Gasteiger partial charge is 0.271 e. The molecule has 1 heterocycles. The molecule has 1 atom stereocenters. The third kappa shape index (κ3) is 2.65. The number of rotatable bonds is 3. The van der Waals surface area contributed by atoms with E-state index in [4.69, 9.17) is 0 Å². The predicted molar refractivity (Wildman–Crippen MR) is 53.9 cm³/mol. The van der Waals surface area contributed by atoms with E-state index < -0.39 is 17.7 Å². The molecule has 0 aromatic rings. The highest BCUT2D eigenvalue weighted by molar-refractivity contribution is 5.80. The molecule has 88 valence electrons. The lowest BCUT2D eigenvalue weighted by Crippen LogP contribution is -2.53. The van der Waals surface area contributed by atoms with Crippen LogP contribution in [0.4, 0.5) is 8.78 Å². The number of nitrogens with one attached hydrogen (secondary N) is 1. The average Bonchev–Trinajstić information content (AvgIpc) is 2.18. The number of carbonyl (C=O) groups is 1. The van der Waals surface area contributed by atoms with Gasteiger partial charge in [-0.3, -0.25) is 4.79 Å². The standard InChI is InChI=1S/C10H18F2N2O/c1-3-14(4-2)9(15)8-5-6-13-7-10(8,11)12/h8,13H,3-7H2,1-2H3. The minimum atomic E-state index is -2.90. The Hall–Kier alpha value is -0.710. The van der Waals surface area contributed by atoms with Gasteiger partial charge in [0.1, 0.15) is 5.92 Å². The zero-order chi connectivity index (χ0) is 11.5. The highest BCUT2D eigenvalue weighted by Crippen LogP contribution is 2.30. The molecule has 1 unspecified atom stereocenters. The first-order chi connectivity index (χ1) is 7.03. The van der Waals surface area contributed by atoms with Crippen LogP contribution >= 0.6 is 0 Å². The molecule has 0 saturated carbocycles. The maximum absolute atomic E-state index is 13.4. The van der Waals surface area contributed by atoms with E-state index in [0.29, 0.717) is 19.6 Å². The van der Waals surface area contributed by atoms with E-state index in [0.717, 1.165) is 0 Å². The molecule has 1 amide bonds. The summed E-state index contributed by atoms with van der Waals surface area (Å²) in [5.41, 5.74) is 0. The first-order valence-corrected chi connectivity index (χ1v) is 5.40. The predicted octanol–water partition coefficient (Wildman–Crippen LogP) is 1.10. The molecule has 5 heteroatoms. The molecule has 0 bridgehead atoms. The Balaban J connectivity index is 2.72. The summed E-state index contributed by atoms with van der Waals surface area (Å²) in [6.45, 7) is 4.71. The Bertz CT molecular complexity index is 229. The summed E-state index contributed by atoms with van der Waals surface area (Å²) < 4.78 is 26.9. The van der Waals surface area contributed by atoms with E-state index in [1.165, 1.54) is 4.90 Å². The van der Waals surface area contributed by atoms with Gasteiger partial charge in [0.25, 0.3) is 5.92 Å². The van der Waals surface area contributed by atoms with Gasteiger partial charge in [0.05, 0.1) is 6.54 Å². The van der Waals surface area contributed by atoms with E-state index in [9.17, 15) is 13.6 Å². The summed E-state index contributed by atoms with van der Waals surface area (Å²) >= 11 is 0. The molecular weight excluding hydrogens is 202 g/mol. The van der Waals surface area contributed by atoms with Gasteiger partial charge in [-0.25, -0.2) is 8.78 Å². The van der Waals surface area contributed by atoms with Crippen LogP contribution in [-0.4, -0.2) is 42.9 Å². The van der Waals surface area contributed by atoms with E-state index >= 15 is 0 Å². The minimum Gasteiger partial charge on any atom is -0.343 e. The Kier molecular flexibility index (Phi) is 4.02. The van der Waals surface area contributed by atoms with Crippen LogP contribution in [0, 0.1) is 5.92 Å². The maximum Gasteiger partial charge on any atom is 0.271 e. The van der Waals surface area contributed by atoms with Crippen LogP contribution < -0.4 is 5.32 Å². The average molecular weight is 220 g/mol. The molecule has 1 aliphatic rings. The lowest BCUT2D eigenvalue weighted by Gasteiger charge is -2.34. The third-order valence-electron chi connectivity index (χ3n) is 2.85. The van der Waals surface area contributed by atoms with Gasteiger partial charge >= 0.3 is 0 Å². The third-order valence-corrected chi connectivity index (χ3v) is 2.85. The van der Waals surface area contributed by atoms with Crippen molar-refractivity contribution in [2.45, 2.75) is 26.2 Å². The minimum absolute atomic E-state index is 0.225. The fourth-order valence-electron chi connectivity index (χ4n) is 1.90. The Labute approximate surface area is 88.8 Å². The van der Waals surface area contributed by atoms with Crippen molar-refractivity contribution in [2.24, 2.45) is 5.92 Å². The molecule has 1 aliphatic heterocycles. The summed E-state index contributed by atoms with van der Waals surface area (Å²) in [6.07, 6.45) is 0.225. The summed E-state index contributed by atoms with van der Waals surface area (Å²) in [6, 6.07) is 0. The van der Waals surface area contributed by atoms with Crippen molar-refractivity contribution in [3.8, 4) is 0 Å². The molecule has 0 radical (unpaired) electrons. The second kappa shape index (κ2) is 4.88. The highest BCUT2D eigenvalue weighted by atomic mass is 19.3. The molecule has 0 aliphatic carbocycles. The second-order valence-electron chi connectivity index (χ2n) is 3.79. The van der Waals surface area contributed by atoms with Gasteiger partial charge in [0.15, 0.2) is 0 Å². The van der Waals surface area contributed by atoms with E-state index in [2.05, 4.69) is 5.32 Å². The fourth-order valence-corrected chi connectivity index (χ4v) is 1.90. The van der Waals surface area contributed by atoms with Gasteiger partial charge < -0.3 is 10.2 Å². The van der Waals surface area contributed by atoms with Crippen molar-refractivity contribution in [1.29, 1.82) is 0 Å². The Morgan fingerprint density at radius 3 is 2.53 bits per heavy atom. The summed E-state index contributed by atoms with van der Waals surface area (Å²) in [4.78, 5) is 13.3. The molecule has 0 spiro atoms. The zero-order valence-corrected chi connectivity index (χ0v) is 9.22. The van der Waals surface area contributed by atoms with Gasteiger partial charge in [-0.05, 0) is 26.8 Å². The number of nitrogens with zero attached hydrogens (tertiary/aromatic N) is 1. The van der Waals surface area contributed by atoms with Crippen LogP contribution in [0.2, 0.25) is 0 Å². The van der Waals surface area contributed by atoms with Crippen molar-refractivity contribution in [3.63, 3.8) is 0 Å². The van der Waals surface area contributed by atoms with Gasteiger partial charge in [0, 0.05) is 13.1 Å². The number of amides is 1. The van der Waals surface area contributed by atoms with Crippen molar-refractivity contribution in [2.75, 3.05) is 26.2 Å². The number of hydrogen-bond donors (Lipinski definition) is 1. The number of alkyl halides is 2. The maximum atomic E-state index is 13.4. The normalized spacial score (nSPS) is 24.9. The van der Waals surface area contributed by atoms with Gasteiger partial charge in [-0.1, -0.05) is 0 Å². The van der Waals surface area contributed by atoms with E-state index in [-0.39, 0.29) is 13.0 Å². The van der Waals surface area contributed by atoms with Gasteiger partial charge in [-0.15, -0.1) is 0 Å². The SMILES string of the molecule is CCN(CC)C(=O)C1CCNCC1(F)F. The topological polar surface area (TPSA) is 32.3 Å². The lowest BCUT2D eigenvalue weighted by molar-refractivity contribution is -0.153. The van der Waals surface area contributed by atoms with Crippen LogP contribution in [0.15, 0.2) is 0 Å². The van der Waals surface area contributed by atoms with Crippen LogP contribution in [0.1, 0.15) is 20.3 Å². The number of carbonyl (C=O) groups excluding carboxylic acids is 1. The summed E-state index contributed by atoms with van der Waals surface area (Å²) in [5.74, 6) is -4.46. The first-order valence-electron chi connectivity index (χ1n) is 5.40. The molecule has 0 aromatic heterocycles. The molecule has 3 nitrogen and oxygen atoms in total. The molecular formula is C10H18F2N2O. The second-order valence-corrected chi connectivity index (χ2v) is 3.79. The Morgan fingerprint density at radius 1 is 1.47 bits per heavy atom. The number of piperidine rings is 1. The van der Waals surface area contributed by atoms with E-state index in [1.807, 2.05) is 0 Å². The highest BCUT2D eigenvalue weighted by Gasteiger charge is 2.46. The fraction of sp³-hybridized carbons (Fsp3) is 0.900. The van der Waals surface area contributed by atoms with Crippen molar-refractivity contribution in [3.05, 3.63) is 0 Å². The molecule has 1 saturated heterocycles. The van der Waals surface area contributed by atoms with Crippen molar-refractivity contribution >= 4 is 5.91 Å². The van der Waals surface area contributed by atoms with Crippen LogP contribution in [0.3, 0.4) is 0 Å². The molecule has 1 rings (SSSR count). The van der Waals surface area contributed by atoms with Crippen molar-refractivity contribution in [1.82, 2.24) is 10.2 Å². The monoisotopic (exact) mass is 220 g/mol. The Morgan fingerprint density at radius 2 is 2.07 bits per heavy atom. The van der Waals surface area contributed by atoms with Crippen LogP contribution in [0.25, 0.3) is 0 Å². The quantitative estimate of drug-likeness (QED) is 0.772.